The molecule has 104 valence electrons. The molecule has 3 rings (SSSR count). The van der Waals surface area contributed by atoms with Crippen molar-refractivity contribution >= 4 is 28.6 Å². The van der Waals surface area contributed by atoms with Crippen LogP contribution in [0.4, 0.5) is 0 Å². The molecule has 5 heteroatoms. The highest BCUT2D eigenvalue weighted by molar-refractivity contribution is 8.00. The Hall–Kier alpha value is -1.59. The molecule has 20 heavy (non-hydrogen) atoms. The minimum atomic E-state index is -0.933. The Morgan fingerprint density at radius 3 is 2.95 bits per heavy atom. The summed E-state index contributed by atoms with van der Waals surface area (Å²) in [7, 11) is 0. The first-order valence-electron chi connectivity index (χ1n) is 6.56. The van der Waals surface area contributed by atoms with Gasteiger partial charge in [0.2, 0.25) is 0 Å². The summed E-state index contributed by atoms with van der Waals surface area (Å²) in [5, 5.41) is 11.1. The van der Waals surface area contributed by atoms with Crippen LogP contribution in [0.1, 0.15) is 23.7 Å². The van der Waals surface area contributed by atoms with E-state index in [-0.39, 0.29) is 16.9 Å². The molecule has 0 amide bonds. The Morgan fingerprint density at radius 2 is 2.25 bits per heavy atom. The number of aromatic carboxylic acids is 1. The van der Waals surface area contributed by atoms with Crippen LogP contribution in [0.15, 0.2) is 35.4 Å². The lowest BCUT2D eigenvalue weighted by Gasteiger charge is -2.14. The summed E-state index contributed by atoms with van der Waals surface area (Å²) in [5.41, 5.74) is 1.10. The first-order chi connectivity index (χ1) is 9.65. The van der Waals surface area contributed by atoms with Gasteiger partial charge in [0, 0.05) is 17.2 Å². The van der Waals surface area contributed by atoms with E-state index < -0.39 is 5.97 Å². The zero-order valence-corrected chi connectivity index (χ0v) is 11.9. The van der Waals surface area contributed by atoms with Crippen molar-refractivity contribution in [3.8, 4) is 0 Å². The summed E-state index contributed by atoms with van der Waals surface area (Å²) < 4.78 is 5.53. The molecule has 1 saturated heterocycles. The molecule has 1 aliphatic rings. The smallest absolute Gasteiger partial charge is 0.338 e. The Balaban J connectivity index is 2.03. The number of para-hydroxylation sites is 1. The number of rotatable bonds is 3. The highest BCUT2D eigenvalue weighted by Crippen LogP contribution is 2.34. The van der Waals surface area contributed by atoms with Crippen molar-refractivity contribution in [2.75, 3.05) is 6.61 Å². The van der Waals surface area contributed by atoms with Crippen LogP contribution in [-0.4, -0.2) is 34.0 Å². The Bertz CT molecular complexity index is 659. The van der Waals surface area contributed by atoms with E-state index in [1.165, 1.54) is 11.8 Å². The minimum absolute atomic E-state index is 0.134. The Labute approximate surface area is 121 Å². The second-order valence-corrected chi connectivity index (χ2v) is 6.09. The van der Waals surface area contributed by atoms with Gasteiger partial charge in [0.25, 0.3) is 0 Å². The Morgan fingerprint density at radius 1 is 1.45 bits per heavy atom. The third kappa shape index (κ3) is 2.51. The summed E-state index contributed by atoms with van der Waals surface area (Å²) in [5.74, 6) is -0.933. The lowest BCUT2D eigenvalue weighted by Crippen LogP contribution is -2.14. The van der Waals surface area contributed by atoms with Crippen molar-refractivity contribution in [2.24, 2.45) is 0 Å². The van der Waals surface area contributed by atoms with Gasteiger partial charge in [0.15, 0.2) is 0 Å². The summed E-state index contributed by atoms with van der Waals surface area (Å²) in [4.78, 5) is 16.0. The van der Waals surface area contributed by atoms with Crippen molar-refractivity contribution in [3.05, 3.63) is 35.9 Å². The molecule has 2 aromatic rings. The van der Waals surface area contributed by atoms with E-state index in [1.54, 1.807) is 6.07 Å². The third-order valence-electron chi connectivity index (χ3n) is 3.49. The summed E-state index contributed by atoms with van der Waals surface area (Å²) in [6, 6.07) is 9.28. The lowest BCUT2D eigenvalue weighted by atomic mass is 10.1. The largest absolute Gasteiger partial charge is 0.478 e. The molecular formula is C15H15NO3S. The number of aromatic nitrogens is 1. The number of pyridine rings is 1. The maximum absolute atomic E-state index is 11.4. The van der Waals surface area contributed by atoms with E-state index >= 15 is 0 Å². The van der Waals surface area contributed by atoms with Crippen molar-refractivity contribution in [1.82, 2.24) is 4.98 Å². The first-order valence-corrected chi connectivity index (χ1v) is 7.44. The average Bonchev–Trinajstić information content (AvgIpc) is 2.83. The molecule has 0 aliphatic carbocycles. The van der Waals surface area contributed by atoms with Crippen molar-refractivity contribution in [1.29, 1.82) is 0 Å². The topological polar surface area (TPSA) is 59.4 Å². The van der Waals surface area contributed by atoms with Gasteiger partial charge in [-0.3, -0.25) is 0 Å². The van der Waals surface area contributed by atoms with Crippen LogP contribution in [-0.2, 0) is 4.74 Å². The highest BCUT2D eigenvalue weighted by atomic mass is 32.2. The molecule has 1 fully saturated rings. The van der Waals surface area contributed by atoms with Crippen LogP contribution < -0.4 is 0 Å². The number of benzene rings is 1. The summed E-state index contributed by atoms with van der Waals surface area (Å²) in [6.45, 7) is 2.75. The summed E-state index contributed by atoms with van der Waals surface area (Å²) >= 11 is 1.51. The number of thioether (sulfide) groups is 1. The van der Waals surface area contributed by atoms with Crippen LogP contribution in [0.3, 0.4) is 0 Å². The summed E-state index contributed by atoms with van der Waals surface area (Å²) in [6.07, 6.45) is 1.06. The maximum atomic E-state index is 11.4. The van der Waals surface area contributed by atoms with Gasteiger partial charge in [-0.1, -0.05) is 30.0 Å². The zero-order chi connectivity index (χ0) is 14.1. The number of fused-ring (bicyclic) bond motifs is 1. The lowest BCUT2D eigenvalue weighted by molar-refractivity contribution is 0.0692. The van der Waals surface area contributed by atoms with E-state index in [2.05, 4.69) is 4.98 Å². The molecule has 1 N–H and O–H groups in total. The molecule has 2 atom stereocenters. The predicted molar refractivity (Wildman–Crippen MR) is 78.4 cm³/mol. The normalized spacial score (nSPS) is 22.2. The second-order valence-electron chi connectivity index (χ2n) is 4.86. The fourth-order valence-corrected chi connectivity index (χ4v) is 3.55. The molecule has 1 aromatic heterocycles. The molecule has 0 bridgehead atoms. The molecule has 1 aliphatic heterocycles. The van der Waals surface area contributed by atoms with Crippen LogP contribution in [0.2, 0.25) is 0 Å². The molecule has 0 spiro atoms. The standard InChI is InChI=1S/C15H15NO3S/c1-9-13(6-7-19-9)20-14-11(15(17)18)8-10-4-2-3-5-12(10)16-14/h2-5,8-9,13H,6-7H2,1H3,(H,17,18). The number of ether oxygens (including phenoxy) is 1. The predicted octanol–water partition coefficient (Wildman–Crippen LogP) is 3.20. The van der Waals surface area contributed by atoms with Crippen molar-refractivity contribution < 1.29 is 14.6 Å². The van der Waals surface area contributed by atoms with Gasteiger partial charge in [0.05, 0.1) is 17.2 Å². The molecule has 0 radical (unpaired) electrons. The van der Waals surface area contributed by atoms with Gasteiger partial charge in [-0.25, -0.2) is 9.78 Å². The average molecular weight is 289 g/mol. The number of carbonyl (C=O) groups is 1. The van der Waals surface area contributed by atoms with Crippen LogP contribution in [0, 0.1) is 0 Å². The fraction of sp³-hybridized carbons (Fsp3) is 0.333. The minimum Gasteiger partial charge on any atom is -0.478 e. The second kappa shape index (κ2) is 5.42. The number of hydrogen-bond donors (Lipinski definition) is 1. The number of carboxylic acids is 1. The number of hydrogen-bond acceptors (Lipinski definition) is 4. The van der Waals surface area contributed by atoms with Gasteiger partial charge in [-0.2, -0.15) is 0 Å². The van der Waals surface area contributed by atoms with Gasteiger partial charge in [-0.05, 0) is 25.5 Å². The van der Waals surface area contributed by atoms with E-state index in [0.29, 0.717) is 5.03 Å². The Kier molecular flexibility index (Phi) is 3.63. The molecule has 0 saturated carbocycles. The molecule has 4 nitrogen and oxygen atoms in total. The van der Waals surface area contributed by atoms with Gasteiger partial charge < -0.3 is 9.84 Å². The SMILES string of the molecule is CC1OCCC1Sc1nc2ccccc2cc1C(=O)O. The maximum Gasteiger partial charge on any atom is 0.338 e. The van der Waals surface area contributed by atoms with Gasteiger partial charge in [0.1, 0.15) is 5.03 Å². The van der Waals surface area contributed by atoms with Gasteiger partial charge in [-0.15, -0.1) is 0 Å². The van der Waals surface area contributed by atoms with Gasteiger partial charge >= 0.3 is 5.97 Å². The fourth-order valence-electron chi connectivity index (χ4n) is 2.35. The molecule has 1 aromatic carbocycles. The van der Waals surface area contributed by atoms with E-state index in [1.807, 2.05) is 31.2 Å². The van der Waals surface area contributed by atoms with Crippen LogP contribution in [0.25, 0.3) is 10.9 Å². The van der Waals surface area contributed by atoms with Crippen molar-refractivity contribution in [3.63, 3.8) is 0 Å². The van der Waals surface area contributed by atoms with Crippen LogP contribution >= 0.6 is 11.8 Å². The quantitative estimate of drug-likeness (QED) is 0.940. The van der Waals surface area contributed by atoms with E-state index in [4.69, 9.17) is 4.74 Å². The van der Waals surface area contributed by atoms with Crippen molar-refractivity contribution in [2.45, 2.75) is 29.7 Å². The number of carboxylic acid groups (broad SMARTS) is 1. The van der Waals surface area contributed by atoms with Crippen LogP contribution in [0.5, 0.6) is 0 Å². The molecular weight excluding hydrogens is 274 g/mol. The first kappa shape index (κ1) is 13.4. The number of nitrogens with zero attached hydrogens (tertiary/aromatic N) is 1. The molecule has 2 heterocycles. The van der Waals surface area contributed by atoms with E-state index in [9.17, 15) is 9.90 Å². The highest BCUT2D eigenvalue weighted by Gasteiger charge is 2.27. The monoisotopic (exact) mass is 289 g/mol. The molecule has 2 unspecified atom stereocenters. The van der Waals surface area contributed by atoms with E-state index in [0.717, 1.165) is 23.9 Å². The third-order valence-corrected chi connectivity index (χ3v) is 4.95. The zero-order valence-electron chi connectivity index (χ0n) is 11.1.